The summed E-state index contributed by atoms with van der Waals surface area (Å²) in [4.78, 5) is 25.6. The second-order valence-electron chi connectivity index (χ2n) is 3.72. The molecule has 0 unspecified atom stereocenters. The second-order valence-corrected chi connectivity index (χ2v) is 4.16. The Balaban J connectivity index is 2.37. The first-order valence-electron chi connectivity index (χ1n) is 5.59. The Labute approximate surface area is 118 Å². The van der Waals surface area contributed by atoms with Crippen LogP contribution in [0.5, 0.6) is 0 Å². The Morgan fingerprint density at radius 2 is 2.25 bits per heavy atom. The summed E-state index contributed by atoms with van der Waals surface area (Å²) in [6.45, 7) is 2.13. The number of hydrogen-bond donors (Lipinski definition) is 0. The van der Waals surface area contributed by atoms with Crippen molar-refractivity contribution in [2.45, 2.75) is 6.92 Å². The van der Waals surface area contributed by atoms with Crippen LogP contribution < -0.4 is 0 Å². The number of carbonyl (C=O) groups is 1. The van der Waals surface area contributed by atoms with Gasteiger partial charge in [0.25, 0.3) is 5.69 Å². The lowest BCUT2D eigenvalue weighted by molar-refractivity contribution is -0.384. The summed E-state index contributed by atoms with van der Waals surface area (Å²) in [7, 11) is 0. The van der Waals surface area contributed by atoms with Gasteiger partial charge in [-0.15, -0.1) is 0 Å². The molecule has 104 valence electrons. The maximum Gasteiger partial charge on any atom is 0.367 e. The minimum atomic E-state index is -0.684. The molecule has 20 heavy (non-hydrogen) atoms. The SMILES string of the molecule is CCO/C=C1/N=C(c2cc(Cl)cc([N+](=O)[O-])c2)OC1=O. The van der Waals surface area contributed by atoms with E-state index in [9.17, 15) is 14.9 Å². The quantitative estimate of drug-likeness (QED) is 0.280. The first-order chi connectivity index (χ1) is 9.51. The van der Waals surface area contributed by atoms with Crippen LogP contribution in [0, 0.1) is 10.1 Å². The zero-order valence-electron chi connectivity index (χ0n) is 10.3. The predicted octanol–water partition coefficient (Wildman–Crippen LogP) is 2.43. The normalized spacial score (nSPS) is 16.0. The van der Waals surface area contributed by atoms with Gasteiger partial charge in [0.2, 0.25) is 5.90 Å². The summed E-state index contributed by atoms with van der Waals surface area (Å²) >= 11 is 5.79. The molecule has 0 amide bonds. The molecule has 7 nitrogen and oxygen atoms in total. The molecule has 0 aromatic heterocycles. The molecule has 0 atom stereocenters. The van der Waals surface area contributed by atoms with E-state index in [2.05, 4.69) is 4.99 Å². The topological polar surface area (TPSA) is 91.0 Å². The Morgan fingerprint density at radius 3 is 2.90 bits per heavy atom. The smallest absolute Gasteiger partial charge is 0.367 e. The molecule has 1 heterocycles. The number of non-ortho nitro benzene ring substituents is 1. The lowest BCUT2D eigenvalue weighted by Gasteiger charge is -2.00. The van der Waals surface area contributed by atoms with Gasteiger partial charge in [-0.1, -0.05) is 11.6 Å². The van der Waals surface area contributed by atoms with Gasteiger partial charge in [0.1, 0.15) is 6.26 Å². The zero-order valence-corrected chi connectivity index (χ0v) is 11.1. The summed E-state index contributed by atoms with van der Waals surface area (Å²) in [6, 6.07) is 3.84. The van der Waals surface area contributed by atoms with Gasteiger partial charge in [-0.3, -0.25) is 10.1 Å². The third kappa shape index (κ3) is 2.94. The average Bonchev–Trinajstić information content (AvgIpc) is 2.77. The van der Waals surface area contributed by atoms with Gasteiger partial charge >= 0.3 is 5.97 Å². The second kappa shape index (κ2) is 5.70. The molecule has 1 aliphatic rings. The van der Waals surface area contributed by atoms with Gasteiger partial charge < -0.3 is 9.47 Å². The Kier molecular flexibility index (Phi) is 3.99. The molecule has 0 radical (unpaired) electrons. The maximum absolute atomic E-state index is 11.5. The number of hydrogen-bond acceptors (Lipinski definition) is 6. The fourth-order valence-corrected chi connectivity index (χ4v) is 1.71. The Hall–Kier alpha value is -2.41. The molecular formula is C12H9ClN2O5. The molecule has 0 N–H and O–H groups in total. The standard InChI is InChI=1S/C12H9ClN2O5/c1-2-19-6-10-12(16)20-11(14-10)7-3-8(13)5-9(4-7)15(17)18/h3-6H,2H2,1H3/b10-6+. The molecule has 0 aliphatic carbocycles. The summed E-state index contributed by atoms with van der Waals surface area (Å²) in [5.74, 6) is -0.734. The van der Waals surface area contributed by atoms with Crippen molar-refractivity contribution in [3.63, 3.8) is 0 Å². The molecular weight excluding hydrogens is 288 g/mol. The number of nitro groups is 1. The summed E-state index contributed by atoms with van der Waals surface area (Å²) in [6.07, 6.45) is 1.17. The van der Waals surface area contributed by atoms with Crippen molar-refractivity contribution in [2.75, 3.05) is 6.61 Å². The highest BCUT2D eigenvalue weighted by Gasteiger charge is 2.26. The van der Waals surface area contributed by atoms with Gasteiger partial charge in [-0.2, -0.15) is 0 Å². The van der Waals surface area contributed by atoms with Crippen molar-refractivity contribution in [1.82, 2.24) is 0 Å². The van der Waals surface area contributed by atoms with E-state index in [1.165, 1.54) is 24.5 Å². The first kappa shape index (κ1) is 14.0. The summed E-state index contributed by atoms with van der Waals surface area (Å²) < 4.78 is 9.88. The minimum absolute atomic E-state index is 0.00974. The lowest BCUT2D eigenvalue weighted by Crippen LogP contribution is -2.06. The van der Waals surface area contributed by atoms with E-state index in [1.54, 1.807) is 6.92 Å². The van der Waals surface area contributed by atoms with Gasteiger partial charge in [0.15, 0.2) is 5.70 Å². The average molecular weight is 297 g/mol. The maximum atomic E-state index is 11.5. The molecule has 0 saturated carbocycles. The third-order valence-corrected chi connectivity index (χ3v) is 2.54. The van der Waals surface area contributed by atoms with E-state index in [0.29, 0.717) is 6.61 Å². The van der Waals surface area contributed by atoms with Crippen molar-refractivity contribution in [1.29, 1.82) is 0 Å². The first-order valence-corrected chi connectivity index (χ1v) is 5.97. The molecule has 0 bridgehead atoms. The van der Waals surface area contributed by atoms with Crippen LogP contribution in [0.4, 0.5) is 5.69 Å². The largest absolute Gasteiger partial charge is 0.499 e. The lowest BCUT2D eigenvalue weighted by atomic mass is 10.2. The molecule has 2 rings (SSSR count). The number of nitrogens with zero attached hydrogens (tertiary/aromatic N) is 2. The van der Waals surface area contributed by atoms with Crippen LogP contribution in [0.25, 0.3) is 0 Å². The number of ether oxygens (including phenoxy) is 2. The molecule has 8 heteroatoms. The monoisotopic (exact) mass is 296 g/mol. The van der Waals surface area contributed by atoms with Gasteiger partial charge in [0, 0.05) is 22.7 Å². The molecule has 1 aromatic rings. The van der Waals surface area contributed by atoms with Crippen molar-refractivity contribution < 1.29 is 19.2 Å². The highest BCUT2D eigenvalue weighted by molar-refractivity contribution is 6.31. The van der Waals surface area contributed by atoms with E-state index >= 15 is 0 Å². The van der Waals surface area contributed by atoms with Crippen LogP contribution in [-0.2, 0) is 14.3 Å². The number of nitro benzene ring substituents is 1. The molecule has 0 saturated heterocycles. The van der Waals surface area contributed by atoms with Crippen LogP contribution in [0.1, 0.15) is 12.5 Å². The van der Waals surface area contributed by atoms with E-state index in [0.717, 1.165) is 0 Å². The number of benzene rings is 1. The van der Waals surface area contributed by atoms with E-state index in [1.807, 2.05) is 0 Å². The van der Waals surface area contributed by atoms with Crippen LogP contribution >= 0.6 is 11.6 Å². The van der Waals surface area contributed by atoms with Crippen molar-refractivity contribution in [3.05, 3.63) is 50.9 Å². The van der Waals surface area contributed by atoms with Gasteiger partial charge in [-0.05, 0) is 13.0 Å². The highest BCUT2D eigenvalue weighted by Crippen LogP contribution is 2.24. The molecule has 0 spiro atoms. The summed E-state index contributed by atoms with van der Waals surface area (Å²) in [5, 5.41) is 10.9. The van der Waals surface area contributed by atoms with E-state index in [-0.39, 0.29) is 27.9 Å². The van der Waals surface area contributed by atoms with Crippen LogP contribution in [0.2, 0.25) is 5.02 Å². The van der Waals surface area contributed by atoms with Crippen molar-refractivity contribution in [3.8, 4) is 0 Å². The predicted molar refractivity (Wildman–Crippen MR) is 70.4 cm³/mol. The number of halogens is 1. The van der Waals surface area contributed by atoms with Crippen LogP contribution in [-0.4, -0.2) is 23.4 Å². The Bertz CT molecular complexity index is 639. The van der Waals surface area contributed by atoms with Crippen LogP contribution in [0.15, 0.2) is 35.2 Å². The number of esters is 1. The molecule has 1 aliphatic heterocycles. The third-order valence-electron chi connectivity index (χ3n) is 2.32. The molecule has 0 fully saturated rings. The molecule has 1 aromatic carbocycles. The number of cyclic esters (lactones) is 1. The van der Waals surface area contributed by atoms with E-state index in [4.69, 9.17) is 21.1 Å². The number of rotatable bonds is 4. The van der Waals surface area contributed by atoms with Crippen molar-refractivity contribution >= 4 is 29.2 Å². The van der Waals surface area contributed by atoms with Crippen molar-refractivity contribution in [2.24, 2.45) is 4.99 Å². The number of carbonyl (C=O) groups excluding carboxylic acids is 1. The number of aliphatic imine (C=N–C) groups is 1. The highest BCUT2D eigenvalue weighted by atomic mass is 35.5. The zero-order chi connectivity index (χ0) is 14.7. The van der Waals surface area contributed by atoms with Crippen LogP contribution in [0.3, 0.4) is 0 Å². The van der Waals surface area contributed by atoms with Gasteiger partial charge in [-0.25, -0.2) is 9.79 Å². The van der Waals surface area contributed by atoms with Gasteiger partial charge in [0.05, 0.1) is 11.5 Å². The Morgan fingerprint density at radius 1 is 1.50 bits per heavy atom. The van der Waals surface area contributed by atoms with E-state index < -0.39 is 10.9 Å². The minimum Gasteiger partial charge on any atom is -0.499 e. The fraction of sp³-hybridized carbons (Fsp3) is 0.167. The fourth-order valence-electron chi connectivity index (χ4n) is 1.48. The summed E-state index contributed by atoms with van der Waals surface area (Å²) in [5.41, 5.74) is 0.0235.